The molecule has 3 aromatic rings. The number of rotatable bonds is 5. The fraction of sp³-hybridized carbons (Fsp3) is 0.200. The van der Waals surface area contributed by atoms with Crippen LogP contribution in [0.15, 0.2) is 47.5 Å². The highest BCUT2D eigenvalue weighted by Gasteiger charge is 2.15. The van der Waals surface area contributed by atoms with Gasteiger partial charge in [-0.1, -0.05) is 30.3 Å². The van der Waals surface area contributed by atoms with E-state index in [0.29, 0.717) is 23.7 Å². The predicted octanol–water partition coefficient (Wildman–Crippen LogP) is 4.72. The Labute approximate surface area is 151 Å². The fourth-order valence-corrected chi connectivity index (χ4v) is 3.28. The maximum absolute atomic E-state index is 9.45. The number of aryl methyl sites for hydroxylation is 1. The smallest absolute Gasteiger partial charge is 0.162 e. The molecular formula is C20H18N2O2S. The second-order valence-electron chi connectivity index (χ2n) is 5.53. The van der Waals surface area contributed by atoms with Gasteiger partial charge < -0.3 is 9.47 Å². The topological polar surface area (TPSA) is 55.1 Å². The lowest BCUT2D eigenvalue weighted by atomic mass is 10.1. The molecule has 5 heteroatoms. The van der Waals surface area contributed by atoms with Crippen molar-refractivity contribution in [2.75, 3.05) is 13.4 Å². The van der Waals surface area contributed by atoms with Crippen molar-refractivity contribution in [3.05, 3.63) is 59.2 Å². The number of pyridine rings is 1. The quantitative estimate of drug-likeness (QED) is 0.623. The summed E-state index contributed by atoms with van der Waals surface area (Å²) in [6.07, 6.45) is 1.92. The molecule has 0 aliphatic carbocycles. The summed E-state index contributed by atoms with van der Waals surface area (Å²) in [6, 6.07) is 16.0. The molecule has 0 atom stereocenters. The lowest BCUT2D eigenvalue weighted by Crippen LogP contribution is -2.00. The molecule has 0 bridgehead atoms. The van der Waals surface area contributed by atoms with E-state index in [9.17, 15) is 5.26 Å². The maximum atomic E-state index is 9.45. The van der Waals surface area contributed by atoms with Gasteiger partial charge in [-0.05, 0) is 30.4 Å². The summed E-state index contributed by atoms with van der Waals surface area (Å²) in [5.41, 5.74) is 3.39. The summed E-state index contributed by atoms with van der Waals surface area (Å²) in [5, 5.41) is 11.1. The van der Waals surface area contributed by atoms with E-state index in [-0.39, 0.29) is 0 Å². The minimum atomic E-state index is 0.448. The van der Waals surface area contributed by atoms with E-state index in [1.165, 1.54) is 11.8 Å². The number of nitriles is 1. The van der Waals surface area contributed by atoms with E-state index in [1.807, 2.05) is 55.6 Å². The van der Waals surface area contributed by atoms with Gasteiger partial charge in [0.1, 0.15) is 17.7 Å². The van der Waals surface area contributed by atoms with Gasteiger partial charge in [0.25, 0.3) is 0 Å². The number of nitrogens with zero attached hydrogens (tertiary/aromatic N) is 2. The third-order valence-corrected chi connectivity index (χ3v) is 4.72. The molecular weight excluding hydrogens is 332 g/mol. The summed E-state index contributed by atoms with van der Waals surface area (Å²) in [5.74, 6) is 1.27. The highest BCUT2D eigenvalue weighted by Crippen LogP contribution is 2.36. The molecule has 0 fully saturated rings. The van der Waals surface area contributed by atoms with Crippen molar-refractivity contribution < 1.29 is 9.47 Å². The highest BCUT2D eigenvalue weighted by molar-refractivity contribution is 7.98. The largest absolute Gasteiger partial charge is 0.493 e. The highest BCUT2D eigenvalue weighted by atomic mass is 32.2. The number of hydrogen-bond acceptors (Lipinski definition) is 5. The molecule has 0 unspecified atom stereocenters. The van der Waals surface area contributed by atoms with Crippen LogP contribution in [0.25, 0.3) is 10.9 Å². The van der Waals surface area contributed by atoms with E-state index >= 15 is 0 Å². The van der Waals surface area contributed by atoms with Gasteiger partial charge in [0.2, 0.25) is 0 Å². The number of thioether (sulfide) groups is 1. The first-order valence-corrected chi connectivity index (χ1v) is 9.03. The first-order chi connectivity index (χ1) is 12.2. The molecule has 0 spiro atoms. The minimum absolute atomic E-state index is 0.448. The van der Waals surface area contributed by atoms with Gasteiger partial charge in [-0.15, -0.1) is 11.8 Å². The lowest BCUT2D eigenvalue weighted by Gasteiger charge is -2.14. The standard InChI is InChI=1S/C20H18N2O2S/c1-13-15-9-19(24-12-14-7-5-4-6-8-14)18(23-2)10-17(15)22-20(25-3)16(13)11-21/h4-10H,12H2,1-3H3. The Kier molecular flexibility index (Phi) is 5.11. The summed E-state index contributed by atoms with van der Waals surface area (Å²) in [4.78, 5) is 4.60. The summed E-state index contributed by atoms with van der Waals surface area (Å²) in [7, 11) is 1.61. The van der Waals surface area contributed by atoms with Crippen molar-refractivity contribution in [2.24, 2.45) is 0 Å². The molecule has 0 saturated heterocycles. The number of ether oxygens (including phenoxy) is 2. The number of hydrogen-bond donors (Lipinski definition) is 0. The molecule has 0 saturated carbocycles. The minimum Gasteiger partial charge on any atom is -0.493 e. The van der Waals surface area contributed by atoms with Gasteiger partial charge in [0.05, 0.1) is 18.2 Å². The first kappa shape index (κ1) is 17.1. The van der Waals surface area contributed by atoms with Crippen LogP contribution in [0.4, 0.5) is 0 Å². The van der Waals surface area contributed by atoms with E-state index in [1.54, 1.807) is 7.11 Å². The van der Waals surface area contributed by atoms with Crippen LogP contribution >= 0.6 is 11.8 Å². The summed E-state index contributed by atoms with van der Waals surface area (Å²) >= 11 is 1.47. The monoisotopic (exact) mass is 350 g/mol. The van der Waals surface area contributed by atoms with Gasteiger partial charge in [-0.25, -0.2) is 4.98 Å². The zero-order valence-corrected chi connectivity index (χ0v) is 15.2. The van der Waals surface area contributed by atoms with Crippen LogP contribution in [0, 0.1) is 18.3 Å². The molecule has 3 rings (SSSR count). The molecule has 1 heterocycles. The van der Waals surface area contributed by atoms with Crippen LogP contribution in [0.1, 0.15) is 16.7 Å². The van der Waals surface area contributed by atoms with E-state index in [2.05, 4.69) is 11.1 Å². The zero-order chi connectivity index (χ0) is 17.8. The molecule has 0 aliphatic rings. The average molecular weight is 350 g/mol. The maximum Gasteiger partial charge on any atom is 0.162 e. The van der Waals surface area contributed by atoms with Crippen molar-refractivity contribution in [1.82, 2.24) is 4.98 Å². The number of aromatic nitrogens is 1. The molecule has 25 heavy (non-hydrogen) atoms. The predicted molar refractivity (Wildman–Crippen MR) is 100 cm³/mol. The lowest BCUT2D eigenvalue weighted by molar-refractivity contribution is 0.285. The molecule has 4 nitrogen and oxygen atoms in total. The van der Waals surface area contributed by atoms with Crippen molar-refractivity contribution in [1.29, 1.82) is 5.26 Å². The van der Waals surface area contributed by atoms with Crippen molar-refractivity contribution in [3.63, 3.8) is 0 Å². The van der Waals surface area contributed by atoms with Crippen molar-refractivity contribution in [2.45, 2.75) is 18.6 Å². The molecule has 1 aromatic heterocycles. The summed E-state index contributed by atoms with van der Waals surface area (Å²) < 4.78 is 11.4. The van der Waals surface area contributed by atoms with Gasteiger partial charge >= 0.3 is 0 Å². The zero-order valence-electron chi connectivity index (χ0n) is 14.4. The Hall–Kier alpha value is -2.71. The van der Waals surface area contributed by atoms with Crippen LogP contribution < -0.4 is 9.47 Å². The molecule has 0 N–H and O–H groups in total. The van der Waals surface area contributed by atoms with Gasteiger partial charge in [-0.3, -0.25) is 0 Å². The Morgan fingerprint density at radius 1 is 1.16 bits per heavy atom. The Balaban J connectivity index is 2.06. The van der Waals surface area contributed by atoms with Crippen molar-refractivity contribution in [3.8, 4) is 17.6 Å². The summed E-state index contributed by atoms with van der Waals surface area (Å²) in [6.45, 7) is 2.39. The van der Waals surface area contributed by atoms with Gasteiger partial charge in [0, 0.05) is 11.5 Å². The van der Waals surface area contributed by atoms with E-state index in [0.717, 1.165) is 27.1 Å². The third-order valence-electron chi connectivity index (χ3n) is 4.04. The van der Waals surface area contributed by atoms with E-state index in [4.69, 9.17) is 9.47 Å². The molecule has 2 aromatic carbocycles. The first-order valence-electron chi connectivity index (χ1n) is 7.81. The third kappa shape index (κ3) is 3.40. The van der Waals surface area contributed by atoms with Gasteiger partial charge in [0.15, 0.2) is 11.5 Å². The van der Waals surface area contributed by atoms with Crippen LogP contribution in [0.3, 0.4) is 0 Å². The normalized spacial score (nSPS) is 10.5. The number of methoxy groups -OCH3 is 1. The van der Waals surface area contributed by atoms with Crippen molar-refractivity contribution >= 4 is 22.7 Å². The SMILES string of the molecule is COc1cc2nc(SC)c(C#N)c(C)c2cc1OCc1ccccc1. The molecule has 0 amide bonds. The molecule has 126 valence electrons. The Bertz CT molecular complexity index is 950. The number of benzene rings is 2. The second-order valence-corrected chi connectivity index (χ2v) is 6.32. The van der Waals surface area contributed by atoms with E-state index < -0.39 is 0 Å². The van der Waals surface area contributed by atoms with Crippen LogP contribution in [-0.2, 0) is 6.61 Å². The van der Waals surface area contributed by atoms with Gasteiger partial charge in [-0.2, -0.15) is 5.26 Å². The van der Waals surface area contributed by atoms with Crippen LogP contribution in [0.2, 0.25) is 0 Å². The Morgan fingerprint density at radius 2 is 1.92 bits per heavy atom. The average Bonchev–Trinajstić information content (AvgIpc) is 2.66. The molecule has 0 aliphatic heterocycles. The number of fused-ring (bicyclic) bond motifs is 1. The van der Waals surface area contributed by atoms with Crippen LogP contribution in [0.5, 0.6) is 11.5 Å². The fourth-order valence-electron chi connectivity index (χ4n) is 2.69. The Morgan fingerprint density at radius 3 is 2.56 bits per heavy atom. The van der Waals surface area contributed by atoms with Crippen LogP contribution in [-0.4, -0.2) is 18.3 Å². The molecule has 0 radical (unpaired) electrons. The second kappa shape index (κ2) is 7.45.